The molecule has 4 nitrogen and oxygen atoms in total. The maximum Gasteiger partial charge on any atom is 0.275 e. The zero-order valence-corrected chi connectivity index (χ0v) is 10.0. The summed E-state index contributed by atoms with van der Waals surface area (Å²) in [4.78, 5) is 17.0. The summed E-state index contributed by atoms with van der Waals surface area (Å²) in [5, 5.41) is 3.31. The first-order valence-electron chi connectivity index (χ1n) is 5.98. The lowest BCUT2D eigenvalue weighted by atomic mass is 10.1. The van der Waals surface area contributed by atoms with Crippen LogP contribution in [0.15, 0.2) is 24.3 Å². The summed E-state index contributed by atoms with van der Waals surface area (Å²) in [6, 6.07) is 7.83. The van der Waals surface area contributed by atoms with Gasteiger partial charge in [-0.3, -0.25) is 9.63 Å². The molecule has 1 atom stereocenters. The minimum Gasteiger partial charge on any atom is -0.312 e. The van der Waals surface area contributed by atoms with Crippen LogP contribution in [0.4, 0.5) is 0 Å². The Kier molecular flexibility index (Phi) is 4.12. The SMILES string of the molecule is Cc1ccccc1C(=O)NOCC1CCCN1. The van der Waals surface area contributed by atoms with E-state index in [2.05, 4.69) is 10.8 Å². The van der Waals surface area contributed by atoms with Crippen LogP contribution in [0.2, 0.25) is 0 Å². The topological polar surface area (TPSA) is 50.4 Å². The standard InChI is InChI=1S/C13H18N2O2/c1-10-5-2-3-7-12(10)13(16)15-17-9-11-6-4-8-14-11/h2-3,5,7,11,14H,4,6,8-9H2,1H3,(H,15,16). The Bertz CT molecular complexity index is 387. The average Bonchev–Trinajstić information content (AvgIpc) is 2.82. The van der Waals surface area contributed by atoms with Crippen molar-refractivity contribution < 1.29 is 9.63 Å². The van der Waals surface area contributed by atoms with Gasteiger partial charge in [0.2, 0.25) is 0 Å². The molecule has 0 aliphatic carbocycles. The lowest BCUT2D eigenvalue weighted by molar-refractivity contribution is 0.0242. The summed E-state index contributed by atoms with van der Waals surface area (Å²) < 4.78 is 0. The van der Waals surface area contributed by atoms with E-state index in [0.29, 0.717) is 18.2 Å². The Hall–Kier alpha value is -1.39. The summed E-state index contributed by atoms with van der Waals surface area (Å²) in [6.07, 6.45) is 2.29. The van der Waals surface area contributed by atoms with Crippen LogP contribution >= 0.6 is 0 Å². The smallest absolute Gasteiger partial charge is 0.275 e. The molecule has 17 heavy (non-hydrogen) atoms. The Morgan fingerprint density at radius 2 is 2.35 bits per heavy atom. The summed E-state index contributed by atoms with van der Waals surface area (Å²) in [6.45, 7) is 3.48. The largest absolute Gasteiger partial charge is 0.312 e. The van der Waals surface area contributed by atoms with Gasteiger partial charge in [-0.1, -0.05) is 18.2 Å². The van der Waals surface area contributed by atoms with Gasteiger partial charge in [-0.05, 0) is 37.9 Å². The van der Waals surface area contributed by atoms with Gasteiger partial charge >= 0.3 is 0 Å². The Morgan fingerprint density at radius 1 is 1.53 bits per heavy atom. The first-order chi connectivity index (χ1) is 8.27. The first kappa shape index (κ1) is 12.1. The van der Waals surface area contributed by atoms with Gasteiger partial charge in [0, 0.05) is 11.6 Å². The molecule has 1 aliphatic rings. The van der Waals surface area contributed by atoms with Crippen LogP contribution in [0.5, 0.6) is 0 Å². The maximum absolute atomic E-state index is 11.8. The monoisotopic (exact) mass is 234 g/mol. The second-order valence-electron chi connectivity index (χ2n) is 4.35. The van der Waals surface area contributed by atoms with Gasteiger partial charge in [0.05, 0.1) is 6.61 Å². The average molecular weight is 234 g/mol. The van der Waals surface area contributed by atoms with E-state index in [9.17, 15) is 4.79 Å². The van der Waals surface area contributed by atoms with E-state index >= 15 is 0 Å². The molecule has 2 rings (SSSR count). The maximum atomic E-state index is 11.8. The summed E-state index contributed by atoms with van der Waals surface area (Å²) in [7, 11) is 0. The number of nitrogens with one attached hydrogen (secondary N) is 2. The number of hydroxylamine groups is 1. The van der Waals surface area contributed by atoms with E-state index < -0.39 is 0 Å². The van der Waals surface area contributed by atoms with Crippen LogP contribution in [-0.2, 0) is 4.84 Å². The van der Waals surface area contributed by atoms with Crippen LogP contribution in [0.25, 0.3) is 0 Å². The van der Waals surface area contributed by atoms with Crippen molar-refractivity contribution in [1.82, 2.24) is 10.8 Å². The Balaban J connectivity index is 1.79. The molecule has 0 bridgehead atoms. The number of aryl methyl sites for hydroxylation is 1. The zero-order valence-electron chi connectivity index (χ0n) is 10.0. The van der Waals surface area contributed by atoms with Gasteiger partial charge in [0.1, 0.15) is 0 Å². The molecule has 0 aromatic heterocycles. The lowest BCUT2D eigenvalue weighted by Crippen LogP contribution is -2.33. The summed E-state index contributed by atoms with van der Waals surface area (Å²) >= 11 is 0. The van der Waals surface area contributed by atoms with E-state index in [4.69, 9.17) is 4.84 Å². The number of benzene rings is 1. The van der Waals surface area contributed by atoms with Crippen molar-refractivity contribution in [2.45, 2.75) is 25.8 Å². The van der Waals surface area contributed by atoms with Crippen molar-refractivity contribution in [3.8, 4) is 0 Å². The van der Waals surface area contributed by atoms with Crippen LogP contribution < -0.4 is 10.8 Å². The molecule has 92 valence electrons. The predicted octanol–water partition coefficient (Wildman–Crippen LogP) is 1.41. The van der Waals surface area contributed by atoms with Crippen molar-refractivity contribution in [2.75, 3.05) is 13.2 Å². The molecular weight excluding hydrogens is 216 g/mol. The molecule has 1 aliphatic heterocycles. The number of amides is 1. The fraction of sp³-hybridized carbons (Fsp3) is 0.462. The number of carbonyl (C=O) groups is 1. The van der Waals surface area contributed by atoms with Gasteiger partial charge in [-0.2, -0.15) is 0 Å². The molecule has 1 unspecified atom stereocenters. The van der Waals surface area contributed by atoms with Crippen molar-refractivity contribution in [3.63, 3.8) is 0 Å². The molecule has 0 spiro atoms. The van der Waals surface area contributed by atoms with Gasteiger partial charge in [-0.15, -0.1) is 0 Å². The number of hydrogen-bond donors (Lipinski definition) is 2. The van der Waals surface area contributed by atoms with E-state index in [-0.39, 0.29) is 5.91 Å². The van der Waals surface area contributed by atoms with Crippen molar-refractivity contribution in [2.24, 2.45) is 0 Å². The third kappa shape index (κ3) is 3.28. The molecule has 0 radical (unpaired) electrons. The Labute approximate surface area is 101 Å². The molecule has 0 saturated carbocycles. The highest BCUT2D eigenvalue weighted by molar-refractivity contribution is 5.94. The third-order valence-corrected chi connectivity index (χ3v) is 3.00. The molecule has 2 N–H and O–H groups in total. The highest BCUT2D eigenvalue weighted by Crippen LogP contribution is 2.07. The van der Waals surface area contributed by atoms with Crippen LogP contribution in [0.1, 0.15) is 28.8 Å². The minimum absolute atomic E-state index is 0.180. The van der Waals surface area contributed by atoms with E-state index in [1.807, 2.05) is 25.1 Å². The molecule has 1 saturated heterocycles. The summed E-state index contributed by atoms with van der Waals surface area (Å²) in [5.41, 5.74) is 4.10. The molecule has 1 fully saturated rings. The normalized spacial score (nSPS) is 19.2. The molecule has 1 amide bonds. The van der Waals surface area contributed by atoms with Crippen molar-refractivity contribution in [1.29, 1.82) is 0 Å². The Morgan fingerprint density at radius 3 is 3.06 bits per heavy atom. The molecular formula is C13H18N2O2. The fourth-order valence-electron chi connectivity index (χ4n) is 1.99. The van der Waals surface area contributed by atoms with Gasteiger partial charge in [0.25, 0.3) is 5.91 Å². The number of rotatable bonds is 4. The van der Waals surface area contributed by atoms with E-state index in [0.717, 1.165) is 18.5 Å². The van der Waals surface area contributed by atoms with Gasteiger partial charge in [0.15, 0.2) is 0 Å². The molecule has 1 aromatic rings. The van der Waals surface area contributed by atoms with Crippen molar-refractivity contribution in [3.05, 3.63) is 35.4 Å². The molecule has 1 aromatic carbocycles. The van der Waals surface area contributed by atoms with E-state index in [1.165, 1.54) is 6.42 Å². The van der Waals surface area contributed by atoms with Gasteiger partial charge in [-0.25, -0.2) is 5.48 Å². The predicted molar refractivity (Wildman–Crippen MR) is 65.6 cm³/mol. The van der Waals surface area contributed by atoms with Crippen molar-refractivity contribution >= 4 is 5.91 Å². The second-order valence-corrected chi connectivity index (χ2v) is 4.35. The zero-order chi connectivity index (χ0) is 12.1. The second kappa shape index (κ2) is 5.80. The summed E-state index contributed by atoms with van der Waals surface area (Å²) in [5.74, 6) is -0.180. The highest BCUT2D eigenvalue weighted by Gasteiger charge is 2.15. The van der Waals surface area contributed by atoms with Crippen LogP contribution in [0, 0.1) is 6.92 Å². The number of hydrogen-bond acceptors (Lipinski definition) is 3. The van der Waals surface area contributed by atoms with Gasteiger partial charge < -0.3 is 5.32 Å². The van der Waals surface area contributed by atoms with Crippen LogP contribution in [-0.4, -0.2) is 25.1 Å². The molecule has 4 heteroatoms. The highest BCUT2D eigenvalue weighted by atomic mass is 16.7. The quantitative estimate of drug-likeness (QED) is 0.774. The third-order valence-electron chi connectivity index (χ3n) is 3.00. The molecule has 1 heterocycles. The first-order valence-corrected chi connectivity index (χ1v) is 5.98. The fourth-order valence-corrected chi connectivity index (χ4v) is 1.99. The lowest BCUT2D eigenvalue weighted by Gasteiger charge is -2.11. The van der Waals surface area contributed by atoms with Crippen LogP contribution in [0.3, 0.4) is 0 Å². The van der Waals surface area contributed by atoms with E-state index in [1.54, 1.807) is 6.07 Å². The minimum atomic E-state index is -0.180. The number of carbonyl (C=O) groups excluding carboxylic acids is 1.